The van der Waals surface area contributed by atoms with E-state index in [2.05, 4.69) is 11.9 Å². The van der Waals surface area contributed by atoms with Gasteiger partial charge in [-0.3, -0.25) is 4.98 Å². The topological polar surface area (TPSA) is 33.1 Å². The highest BCUT2D eigenvalue weighted by Gasteiger charge is 2.54. The minimum absolute atomic E-state index is 0.382. The summed E-state index contributed by atoms with van der Waals surface area (Å²) >= 11 is 5.99. The quantitative estimate of drug-likeness (QED) is 0.834. The van der Waals surface area contributed by atoms with Gasteiger partial charge in [-0.25, -0.2) is 0 Å². The molecule has 0 spiro atoms. The predicted octanol–water partition coefficient (Wildman–Crippen LogP) is 2.74. The van der Waals surface area contributed by atoms with Crippen LogP contribution in [0, 0.1) is 5.92 Å². The van der Waals surface area contributed by atoms with Crippen LogP contribution in [-0.2, 0) is 5.60 Å². The van der Waals surface area contributed by atoms with Gasteiger partial charge in [-0.15, -0.1) is 0 Å². The first-order valence-corrected chi connectivity index (χ1v) is 5.38. The standard InChI is InChI=1S/C11H14ClNO/c1-2-3-8-6-11(8,14)9-4-5-13-7-10(9)12/h4-5,7-8,14H,2-3,6H2,1H3. The molecule has 1 aliphatic carbocycles. The average Bonchev–Trinajstić information content (AvgIpc) is 2.79. The summed E-state index contributed by atoms with van der Waals surface area (Å²) in [6.45, 7) is 2.13. The summed E-state index contributed by atoms with van der Waals surface area (Å²) in [5, 5.41) is 10.8. The maximum absolute atomic E-state index is 10.3. The first-order chi connectivity index (χ1) is 6.68. The van der Waals surface area contributed by atoms with Crippen LogP contribution in [0.1, 0.15) is 31.7 Å². The zero-order valence-corrected chi connectivity index (χ0v) is 8.96. The van der Waals surface area contributed by atoms with Crippen molar-refractivity contribution in [2.24, 2.45) is 5.92 Å². The molecule has 1 aliphatic rings. The molecule has 0 bridgehead atoms. The zero-order valence-electron chi connectivity index (χ0n) is 8.20. The lowest BCUT2D eigenvalue weighted by atomic mass is 10.1. The van der Waals surface area contributed by atoms with Crippen molar-refractivity contribution in [1.29, 1.82) is 0 Å². The lowest BCUT2D eigenvalue weighted by Crippen LogP contribution is -2.09. The van der Waals surface area contributed by atoms with Gasteiger partial charge >= 0.3 is 0 Å². The molecule has 0 radical (unpaired) electrons. The van der Waals surface area contributed by atoms with E-state index in [1.165, 1.54) is 0 Å². The lowest BCUT2D eigenvalue weighted by molar-refractivity contribution is 0.129. The van der Waals surface area contributed by atoms with Crippen molar-refractivity contribution in [3.63, 3.8) is 0 Å². The van der Waals surface area contributed by atoms with Crippen molar-refractivity contribution in [3.8, 4) is 0 Å². The summed E-state index contributed by atoms with van der Waals surface area (Å²) in [7, 11) is 0. The number of hydrogen-bond acceptors (Lipinski definition) is 2. The lowest BCUT2D eigenvalue weighted by Gasteiger charge is -2.11. The smallest absolute Gasteiger partial charge is 0.0945 e. The Hall–Kier alpha value is -0.600. The van der Waals surface area contributed by atoms with E-state index in [4.69, 9.17) is 11.6 Å². The number of hydrogen-bond donors (Lipinski definition) is 1. The second-order valence-electron chi connectivity index (χ2n) is 3.97. The van der Waals surface area contributed by atoms with Gasteiger partial charge in [0.25, 0.3) is 0 Å². The molecule has 2 nitrogen and oxygen atoms in total. The van der Waals surface area contributed by atoms with Crippen LogP contribution in [0.3, 0.4) is 0 Å². The summed E-state index contributed by atoms with van der Waals surface area (Å²) in [6, 6.07) is 1.82. The van der Waals surface area contributed by atoms with Crippen LogP contribution in [-0.4, -0.2) is 10.1 Å². The van der Waals surface area contributed by atoms with Crippen molar-refractivity contribution >= 4 is 11.6 Å². The molecule has 0 amide bonds. The Morgan fingerprint density at radius 1 is 1.71 bits per heavy atom. The number of aliphatic hydroxyl groups is 1. The van der Waals surface area contributed by atoms with Crippen LogP contribution in [0.5, 0.6) is 0 Å². The van der Waals surface area contributed by atoms with Gasteiger partial charge in [-0.05, 0) is 24.8 Å². The Morgan fingerprint density at radius 3 is 3.14 bits per heavy atom. The van der Waals surface area contributed by atoms with Gasteiger partial charge in [0, 0.05) is 18.0 Å². The van der Waals surface area contributed by atoms with Crippen LogP contribution in [0.25, 0.3) is 0 Å². The van der Waals surface area contributed by atoms with Crippen molar-refractivity contribution in [3.05, 3.63) is 29.0 Å². The molecule has 2 atom stereocenters. The Morgan fingerprint density at radius 2 is 2.50 bits per heavy atom. The number of pyridine rings is 1. The molecule has 1 fully saturated rings. The van der Waals surface area contributed by atoms with Crippen LogP contribution in [0.15, 0.2) is 18.5 Å². The maximum atomic E-state index is 10.3. The van der Waals surface area contributed by atoms with Gasteiger partial charge in [-0.1, -0.05) is 24.9 Å². The van der Waals surface area contributed by atoms with Gasteiger partial charge in [-0.2, -0.15) is 0 Å². The molecule has 3 heteroatoms. The minimum atomic E-state index is -0.671. The minimum Gasteiger partial charge on any atom is -0.385 e. The molecule has 0 aliphatic heterocycles. The van der Waals surface area contributed by atoms with Crippen molar-refractivity contribution < 1.29 is 5.11 Å². The SMILES string of the molecule is CCCC1CC1(O)c1ccncc1Cl. The molecule has 1 saturated carbocycles. The summed E-state index contributed by atoms with van der Waals surface area (Å²) in [5.74, 6) is 0.382. The maximum Gasteiger partial charge on any atom is 0.0945 e. The van der Waals surface area contributed by atoms with E-state index < -0.39 is 5.60 Å². The largest absolute Gasteiger partial charge is 0.385 e. The molecule has 2 rings (SSSR count). The highest BCUT2D eigenvalue weighted by atomic mass is 35.5. The zero-order chi connectivity index (χ0) is 10.2. The van der Waals surface area contributed by atoms with Crippen LogP contribution >= 0.6 is 11.6 Å². The van der Waals surface area contributed by atoms with Crippen LogP contribution < -0.4 is 0 Å². The molecule has 0 aromatic carbocycles. The summed E-state index contributed by atoms with van der Waals surface area (Å²) in [5.41, 5.74) is 0.170. The number of halogens is 1. The third-order valence-corrected chi connectivity index (χ3v) is 3.25. The molecule has 14 heavy (non-hydrogen) atoms. The van der Waals surface area contributed by atoms with Crippen LogP contribution in [0.2, 0.25) is 5.02 Å². The van der Waals surface area contributed by atoms with Gasteiger partial charge in [0.1, 0.15) is 0 Å². The second-order valence-corrected chi connectivity index (χ2v) is 4.38. The first-order valence-electron chi connectivity index (χ1n) is 5.01. The first kappa shape index (κ1) is 9.94. The molecule has 1 heterocycles. The fraction of sp³-hybridized carbons (Fsp3) is 0.545. The van der Waals surface area contributed by atoms with E-state index in [1.807, 2.05) is 6.07 Å². The molecule has 1 aromatic heterocycles. The fourth-order valence-electron chi connectivity index (χ4n) is 2.06. The normalized spacial score (nSPS) is 30.4. The van der Waals surface area contributed by atoms with Crippen molar-refractivity contribution in [1.82, 2.24) is 4.98 Å². The monoisotopic (exact) mass is 211 g/mol. The van der Waals surface area contributed by atoms with Gasteiger partial charge in [0.15, 0.2) is 0 Å². The van der Waals surface area contributed by atoms with Gasteiger partial charge in [0.05, 0.1) is 10.6 Å². The Bertz CT molecular complexity index is 342. The molecule has 2 unspecified atom stereocenters. The highest BCUT2D eigenvalue weighted by Crippen LogP contribution is 2.55. The van der Waals surface area contributed by atoms with Gasteiger partial charge < -0.3 is 5.11 Å². The summed E-state index contributed by atoms with van der Waals surface area (Å²) in [6.07, 6.45) is 6.28. The number of rotatable bonds is 3. The van der Waals surface area contributed by atoms with E-state index in [0.29, 0.717) is 10.9 Å². The van der Waals surface area contributed by atoms with Gasteiger partial charge in [0.2, 0.25) is 0 Å². The molecule has 1 aromatic rings. The average molecular weight is 212 g/mol. The third kappa shape index (κ3) is 1.53. The highest BCUT2D eigenvalue weighted by molar-refractivity contribution is 6.31. The molecular weight excluding hydrogens is 198 g/mol. The van der Waals surface area contributed by atoms with E-state index >= 15 is 0 Å². The number of aromatic nitrogens is 1. The Balaban J connectivity index is 2.21. The van der Waals surface area contributed by atoms with Crippen molar-refractivity contribution in [2.45, 2.75) is 31.8 Å². The van der Waals surface area contributed by atoms with E-state index in [0.717, 1.165) is 24.8 Å². The molecular formula is C11H14ClNO. The summed E-state index contributed by atoms with van der Waals surface area (Å²) in [4.78, 5) is 3.91. The molecule has 1 N–H and O–H groups in total. The Kier molecular flexibility index (Phi) is 2.50. The number of nitrogens with zero attached hydrogens (tertiary/aromatic N) is 1. The van der Waals surface area contributed by atoms with Crippen LogP contribution in [0.4, 0.5) is 0 Å². The molecule has 76 valence electrons. The Labute approximate surface area is 88.9 Å². The second kappa shape index (κ2) is 3.52. The third-order valence-electron chi connectivity index (χ3n) is 2.95. The van der Waals surface area contributed by atoms with Crippen molar-refractivity contribution in [2.75, 3.05) is 0 Å². The van der Waals surface area contributed by atoms with E-state index in [-0.39, 0.29) is 0 Å². The molecule has 0 saturated heterocycles. The van der Waals surface area contributed by atoms with E-state index in [9.17, 15) is 5.11 Å². The fourth-order valence-corrected chi connectivity index (χ4v) is 2.35. The summed E-state index contributed by atoms with van der Waals surface area (Å²) < 4.78 is 0. The predicted molar refractivity (Wildman–Crippen MR) is 56.2 cm³/mol. The van der Waals surface area contributed by atoms with E-state index in [1.54, 1.807) is 12.4 Å².